The second-order valence-electron chi connectivity index (χ2n) is 6.10. The predicted molar refractivity (Wildman–Crippen MR) is 80.3 cm³/mol. The lowest BCUT2D eigenvalue weighted by Crippen LogP contribution is -2.41. The minimum absolute atomic E-state index is 0.0803. The molecule has 1 aliphatic carbocycles. The van der Waals surface area contributed by atoms with E-state index in [2.05, 4.69) is 29.5 Å². The summed E-state index contributed by atoms with van der Waals surface area (Å²) in [7, 11) is 0. The van der Waals surface area contributed by atoms with Crippen LogP contribution in [-0.2, 0) is 4.74 Å². The van der Waals surface area contributed by atoms with E-state index in [9.17, 15) is 0 Å². The normalized spacial score (nSPS) is 21.5. The van der Waals surface area contributed by atoms with Crippen molar-refractivity contribution < 1.29 is 4.74 Å². The summed E-state index contributed by atoms with van der Waals surface area (Å²) in [5.74, 6) is 3.43. The van der Waals surface area contributed by atoms with Crippen molar-refractivity contribution in [2.24, 2.45) is 0 Å². The van der Waals surface area contributed by atoms with Crippen LogP contribution in [0.1, 0.15) is 51.3 Å². The fourth-order valence-electron chi connectivity index (χ4n) is 2.58. The Labute approximate surface area is 120 Å². The number of rotatable bonds is 5. The second-order valence-corrected chi connectivity index (χ2v) is 6.10. The van der Waals surface area contributed by atoms with Crippen molar-refractivity contribution in [2.75, 3.05) is 30.4 Å². The molecular weight excluding hydrogens is 252 g/mol. The molecule has 0 aromatic carbocycles. The van der Waals surface area contributed by atoms with Crippen LogP contribution >= 0.6 is 0 Å². The molecule has 3 rings (SSSR count). The molecule has 0 atom stereocenters. The summed E-state index contributed by atoms with van der Waals surface area (Å²) in [5.41, 5.74) is 0.0803. The number of anilines is 2. The van der Waals surface area contributed by atoms with Gasteiger partial charge in [-0.2, -0.15) is 0 Å². The van der Waals surface area contributed by atoms with Crippen molar-refractivity contribution in [3.05, 3.63) is 11.9 Å². The highest BCUT2D eigenvalue weighted by Gasteiger charge is 2.30. The molecule has 1 saturated heterocycles. The zero-order valence-corrected chi connectivity index (χ0v) is 12.4. The zero-order chi connectivity index (χ0) is 14.0. The Hall–Kier alpha value is -1.36. The van der Waals surface area contributed by atoms with Gasteiger partial charge in [-0.1, -0.05) is 0 Å². The third kappa shape index (κ3) is 3.20. The molecule has 0 bridgehead atoms. The van der Waals surface area contributed by atoms with Crippen LogP contribution in [0.2, 0.25) is 0 Å². The molecule has 5 nitrogen and oxygen atoms in total. The fourth-order valence-corrected chi connectivity index (χ4v) is 2.58. The monoisotopic (exact) mass is 276 g/mol. The lowest BCUT2D eigenvalue weighted by molar-refractivity contribution is 0.0657. The highest BCUT2D eigenvalue weighted by Crippen LogP contribution is 2.39. The minimum atomic E-state index is 0.0803. The van der Waals surface area contributed by atoms with Crippen LogP contribution in [0.3, 0.4) is 0 Å². The Morgan fingerprint density at radius 1 is 1.25 bits per heavy atom. The maximum atomic E-state index is 5.45. The first-order valence-electron chi connectivity index (χ1n) is 7.67. The third-order valence-corrected chi connectivity index (χ3v) is 4.07. The lowest BCUT2D eigenvalue weighted by atomic mass is 9.92. The Morgan fingerprint density at radius 3 is 2.60 bits per heavy atom. The topological polar surface area (TPSA) is 59.1 Å². The van der Waals surface area contributed by atoms with Crippen molar-refractivity contribution in [3.8, 4) is 0 Å². The van der Waals surface area contributed by atoms with E-state index in [-0.39, 0.29) is 5.54 Å². The van der Waals surface area contributed by atoms with Gasteiger partial charge in [-0.15, -0.1) is 0 Å². The maximum absolute atomic E-state index is 5.45. The first-order chi connectivity index (χ1) is 9.68. The number of hydrogen-bond acceptors (Lipinski definition) is 5. The summed E-state index contributed by atoms with van der Waals surface area (Å²) in [6.07, 6.45) is 4.48. The van der Waals surface area contributed by atoms with Crippen LogP contribution in [0.4, 0.5) is 11.6 Å². The van der Waals surface area contributed by atoms with E-state index in [0.717, 1.165) is 50.1 Å². The van der Waals surface area contributed by atoms with Crippen molar-refractivity contribution in [2.45, 2.75) is 51.0 Å². The predicted octanol–water partition coefficient (Wildman–Crippen LogP) is 2.77. The fraction of sp³-hybridized carbons (Fsp3) is 0.733. The van der Waals surface area contributed by atoms with Crippen molar-refractivity contribution in [3.63, 3.8) is 0 Å². The molecule has 2 N–H and O–H groups in total. The summed E-state index contributed by atoms with van der Waals surface area (Å²) in [5, 5.41) is 6.91. The Morgan fingerprint density at radius 2 is 1.95 bits per heavy atom. The van der Waals surface area contributed by atoms with Gasteiger partial charge in [-0.25, -0.2) is 9.97 Å². The quantitative estimate of drug-likeness (QED) is 0.866. The van der Waals surface area contributed by atoms with E-state index >= 15 is 0 Å². The molecule has 2 fully saturated rings. The number of ether oxygens (including phenoxy) is 1. The van der Waals surface area contributed by atoms with Gasteiger partial charge >= 0.3 is 0 Å². The Bertz CT molecular complexity index is 467. The van der Waals surface area contributed by atoms with Crippen molar-refractivity contribution >= 4 is 11.6 Å². The first-order valence-corrected chi connectivity index (χ1v) is 7.67. The van der Waals surface area contributed by atoms with Crippen LogP contribution in [0.5, 0.6) is 0 Å². The summed E-state index contributed by atoms with van der Waals surface area (Å²) in [6.45, 7) is 6.87. The van der Waals surface area contributed by atoms with Gasteiger partial charge in [0.1, 0.15) is 17.5 Å². The van der Waals surface area contributed by atoms with E-state index in [4.69, 9.17) is 9.72 Å². The molecule has 1 aromatic rings. The van der Waals surface area contributed by atoms with Gasteiger partial charge in [0.25, 0.3) is 0 Å². The van der Waals surface area contributed by atoms with Gasteiger partial charge in [0.2, 0.25) is 0 Å². The van der Waals surface area contributed by atoms with E-state index in [1.807, 2.05) is 6.07 Å². The van der Waals surface area contributed by atoms with Gasteiger partial charge in [0.15, 0.2) is 0 Å². The first kappa shape index (κ1) is 13.6. The Kier molecular flexibility index (Phi) is 3.78. The molecule has 2 aliphatic rings. The van der Waals surface area contributed by atoms with Crippen LogP contribution < -0.4 is 10.6 Å². The zero-order valence-electron chi connectivity index (χ0n) is 12.4. The molecule has 0 amide bonds. The molecule has 1 aromatic heterocycles. The smallest absolute Gasteiger partial charge is 0.136 e. The van der Waals surface area contributed by atoms with Crippen LogP contribution in [0.15, 0.2) is 6.07 Å². The largest absolute Gasteiger partial charge is 0.381 e. The molecule has 0 unspecified atom stereocenters. The molecular formula is C15H24N4O. The second kappa shape index (κ2) is 5.56. The average molecular weight is 276 g/mol. The van der Waals surface area contributed by atoms with Crippen LogP contribution in [0, 0.1) is 0 Å². The Balaban J connectivity index is 1.80. The van der Waals surface area contributed by atoms with Gasteiger partial charge in [-0.3, -0.25) is 0 Å². The molecule has 20 heavy (non-hydrogen) atoms. The van der Waals surface area contributed by atoms with Gasteiger partial charge in [-0.05, 0) is 39.5 Å². The number of nitrogens with one attached hydrogen (secondary N) is 2. The standard InChI is InChI=1S/C15H24N4O/c1-3-16-12-10-13(18-14(17-12)11-4-5-11)19-15(2)6-8-20-9-7-15/h10-11H,3-9H2,1-2H3,(H2,16,17,18,19). The molecule has 5 heteroatoms. The molecule has 2 heterocycles. The number of nitrogens with zero attached hydrogens (tertiary/aromatic N) is 2. The lowest BCUT2D eigenvalue weighted by Gasteiger charge is -2.35. The molecule has 0 radical (unpaired) electrons. The molecule has 110 valence electrons. The van der Waals surface area contributed by atoms with Gasteiger partial charge in [0.05, 0.1) is 0 Å². The highest BCUT2D eigenvalue weighted by molar-refractivity contribution is 5.49. The highest BCUT2D eigenvalue weighted by atomic mass is 16.5. The van der Waals surface area contributed by atoms with Crippen LogP contribution in [-0.4, -0.2) is 35.3 Å². The summed E-state index contributed by atoms with van der Waals surface area (Å²) >= 11 is 0. The van der Waals surface area contributed by atoms with E-state index in [1.54, 1.807) is 0 Å². The molecule has 1 aliphatic heterocycles. The average Bonchev–Trinajstić information content (AvgIpc) is 3.23. The van der Waals surface area contributed by atoms with Crippen molar-refractivity contribution in [1.29, 1.82) is 0 Å². The number of aromatic nitrogens is 2. The summed E-state index contributed by atoms with van der Waals surface area (Å²) in [6, 6.07) is 2.02. The van der Waals surface area contributed by atoms with E-state index < -0.39 is 0 Å². The minimum Gasteiger partial charge on any atom is -0.381 e. The van der Waals surface area contributed by atoms with Crippen LogP contribution in [0.25, 0.3) is 0 Å². The maximum Gasteiger partial charge on any atom is 0.136 e. The molecule has 1 saturated carbocycles. The third-order valence-electron chi connectivity index (χ3n) is 4.07. The molecule has 0 spiro atoms. The van der Waals surface area contributed by atoms with E-state index in [0.29, 0.717) is 5.92 Å². The summed E-state index contributed by atoms with van der Waals surface area (Å²) in [4.78, 5) is 9.33. The van der Waals surface area contributed by atoms with E-state index in [1.165, 1.54) is 12.8 Å². The van der Waals surface area contributed by atoms with Crippen molar-refractivity contribution in [1.82, 2.24) is 9.97 Å². The van der Waals surface area contributed by atoms with Gasteiger partial charge < -0.3 is 15.4 Å². The number of hydrogen-bond donors (Lipinski definition) is 2. The van der Waals surface area contributed by atoms with Gasteiger partial charge in [0, 0.05) is 37.3 Å². The SMILES string of the molecule is CCNc1cc(NC2(C)CCOCC2)nc(C2CC2)n1. The summed E-state index contributed by atoms with van der Waals surface area (Å²) < 4.78 is 5.45.